The average Bonchev–Trinajstić information content (AvgIpc) is 2.46. The van der Waals surface area contributed by atoms with Gasteiger partial charge in [0.2, 0.25) is 11.8 Å². The molecular formula is C13H15N5O4. The van der Waals surface area contributed by atoms with Crippen LogP contribution in [-0.2, 0) is 6.42 Å². The molecule has 0 aliphatic carbocycles. The summed E-state index contributed by atoms with van der Waals surface area (Å²) in [5.74, 6) is 0.627. The summed E-state index contributed by atoms with van der Waals surface area (Å²) in [6, 6.07) is 5.19. The second-order valence-electron chi connectivity index (χ2n) is 4.34. The van der Waals surface area contributed by atoms with Gasteiger partial charge in [0.25, 0.3) is 0 Å². The Labute approximate surface area is 126 Å². The quantitative estimate of drug-likeness (QED) is 0.619. The molecule has 1 aromatic heterocycles. The van der Waals surface area contributed by atoms with Crippen molar-refractivity contribution in [3.63, 3.8) is 0 Å². The van der Waals surface area contributed by atoms with Crippen LogP contribution in [-0.4, -0.2) is 29.1 Å². The van der Waals surface area contributed by atoms with Crippen molar-refractivity contribution in [2.75, 3.05) is 25.7 Å². The highest BCUT2D eigenvalue weighted by Gasteiger charge is 2.24. The summed E-state index contributed by atoms with van der Waals surface area (Å²) in [5.41, 5.74) is 11.4. The molecule has 9 heteroatoms. The Morgan fingerprint density at radius 3 is 2.27 bits per heavy atom. The lowest BCUT2D eigenvalue weighted by Gasteiger charge is -2.13. The highest BCUT2D eigenvalue weighted by molar-refractivity contribution is 5.60. The zero-order valence-corrected chi connectivity index (χ0v) is 12.1. The van der Waals surface area contributed by atoms with Gasteiger partial charge in [0, 0.05) is 12.0 Å². The summed E-state index contributed by atoms with van der Waals surface area (Å²) in [5, 5.41) is 11.2. The van der Waals surface area contributed by atoms with E-state index in [-0.39, 0.29) is 29.6 Å². The van der Waals surface area contributed by atoms with Crippen LogP contribution in [0, 0.1) is 10.1 Å². The third kappa shape index (κ3) is 2.82. The molecule has 0 saturated heterocycles. The molecule has 0 unspecified atom stereocenters. The van der Waals surface area contributed by atoms with Crippen molar-refractivity contribution in [1.29, 1.82) is 0 Å². The number of methoxy groups -OCH3 is 2. The van der Waals surface area contributed by atoms with E-state index < -0.39 is 4.92 Å². The van der Waals surface area contributed by atoms with E-state index in [1.165, 1.54) is 14.2 Å². The lowest BCUT2D eigenvalue weighted by molar-refractivity contribution is -0.385. The van der Waals surface area contributed by atoms with Crippen LogP contribution in [0.15, 0.2) is 18.2 Å². The third-order valence-electron chi connectivity index (χ3n) is 3.06. The van der Waals surface area contributed by atoms with Crippen molar-refractivity contribution in [2.24, 2.45) is 0 Å². The molecule has 9 nitrogen and oxygen atoms in total. The van der Waals surface area contributed by atoms with Crippen molar-refractivity contribution in [2.45, 2.75) is 6.42 Å². The van der Waals surface area contributed by atoms with Crippen molar-refractivity contribution in [3.8, 4) is 11.5 Å². The number of hydrogen-bond donors (Lipinski definition) is 2. The lowest BCUT2D eigenvalue weighted by Crippen LogP contribution is -2.10. The number of nitrogen functional groups attached to an aromatic ring is 2. The number of nitrogens with two attached hydrogens (primary N) is 2. The maximum atomic E-state index is 11.2. The van der Waals surface area contributed by atoms with Crippen molar-refractivity contribution >= 4 is 17.5 Å². The Morgan fingerprint density at radius 1 is 1.18 bits per heavy atom. The number of aromatic nitrogens is 2. The second kappa shape index (κ2) is 6.12. The monoisotopic (exact) mass is 305 g/mol. The van der Waals surface area contributed by atoms with Gasteiger partial charge < -0.3 is 20.9 Å². The minimum atomic E-state index is -0.633. The van der Waals surface area contributed by atoms with Gasteiger partial charge >= 0.3 is 5.69 Å². The van der Waals surface area contributed by atoms with Crippen LogP contribution in [0.25, 0.3) is 0 Å². The summed E-state index contributed by atoms with van der Waals surface area (Å²) in [4.78, 5) is 18.1. The largest absolute Gasteiger partial charge is 0.496 e. The molecule has 0 aliphatic heterocycles. The minimum absolute atomic E-state index is 0.0699. The predicted octanol–water partition coefficient (Wildman–Crippen LogP) is 1.16. The lowest BCUT2D eigenvalue weighted by atomic mass is 10.1. The highest BCUT2D eigenvalue weighted by Crippen LogP contribution is 2.33. The number of ether oxygens (including phenoxy) is 2. The second-order valence-corrected chi connectivity index (χ2v) is 4.34. The molecular weight excluding hydrogens is 290 g/mol. The van der Waals surface area contributed by atoms with Crippen LogP contribution in [0.4, 0.5) is 17.5 Å². The first kappa shape index (κ1) is 15.3. The molecule has 0 amide bonds. The topological polar surface area (TPSA) is 139 Å². The van der Waals surface area contributed by atoms with Crippen LogP contribution in [0.3, 0.4) is 0 Å². The van der Waals surface area contributed by atoms with Gasteiger partial charge in [0.05, 0.1) is 19.1 Å². The molecule has 0 atom stereocenters. The smallest absolute Gasteiger partial charge is 0.332 e. The number of rotatable bonds is 5. The van der Waals surface area contributed by atoms with Gasteiger partial charge in [-0.25, -0.2) is 4.98 Å². The molecule has 4 N–H and O–H groups in total. The fourth-order valence-electron chi connectivity index (χ4n) is 2.13. The molecule has 0 radical (unpaired) electrons. The molecule has 2 rings (SSSR count). The van der Waals surface area contributed by atoms with Crippen LogP contribution < -0.4 is 20.9 Å². The van der Waals surface area contributed by atoms with E-state index in [2.05, 4.69) is 9.97 Å². The van der Waals surface area contributed by atoms with E-state index in [9.17, 15) is 10.1 Å². The molecule has 0 spiro atoms. The number of hydrogen-bond acceptors (Lipinski definition) is 8. The molecule has 22 heavy (non-hydrogen) atoms. The zero-order chi connectivity index (χ0) is 16.3. The van der Waals surface area contributed by atoms with Gasteiger partial charge in [-0.2, -0.15) is 4.98 Å². The van der Waals surface area contributed by atoms with Crippen molar-refractivity contribution in [3.05, 3.63) is 39.6 Å². The fraction of sp³-hybridized carbons (Fsp3) is 0.231. The first-order valence-electron chi connectivity index (χ1n) is 6.24. The summed E-state index contributed by atoms with van der Waals surface area (Å²) < 4.78 is 10.5. The van der Waals surface area contributed by atoms with Gasteiger partial charge in [0.1, 0.15) is 17.2 Å². The Hall–Kier alpha value is -3.10. The van der Waals surface area contributed by atoms with E-state index in [0.29, 0.717) is 17.1 Å². The van der Waals surface area contributed by atoms with Crippen LogP contribution in [0.5, 0.6) is 11.5 Å². The first-order valence-corrected chi connectivity index (χ1v) is 6.24. The van der Waals surface area contributed by atoms with Gasteiger partial charge in [-0.15, -0.1) is 0 Å². The molecule has 116 valence electrons. The third-order valence-corrected chi connectivity index (χ3v) is 3.06. The summed E-state index contributed by atoms with van der Waals surface area (Å²) in [6.45, 7) is 0. The number of anilines is 2. The van der Waals surface area contributed by atoms with Gasteiger partial charge in [-0.1, -0.05) is 6.07 Å². The number of nitrogens with zero attached hydrogens (tertiary/aromatic N) is 3. The first-order chi connectivity index (χ1) is 10.5. The molecule has 0 saturated carbocycles. The SMILES string of the molecule is COc1cccc(OC)c1Cc1nc(N)nc(N)c1[N+](=O)[O-]. The van der Waals surface area contributed by atoms with Crippen LogP contribution in [0.1, 0.15) is 11.3 Å². The maximum absolute atomic E-state index is 11.2. The van der Waals surface area contributed by atoms with Crippen LogP contribution >= 0.6 is 0 Å². The van der Waals surface area contributed by atoms with Gasteiger partial charge in [-0.05, 0) is 12.1 Å². The zero-order valence-electron chi connectivity index (χ0n) is 12.1. The predicted molar refractivity (Wildman–Crippen MR) is 79.9 cm³/mol. The molecule has 1 aromatic carbocycles. The van der Waals surface area contributed by atoms with Crippen LogP contribution in [0.2, 0.25) is 0 Å². The van der Waals surface area contributed by atoms with E-state index >= 15 is 0 Å². The highest BCUT2D eigenvalue weighted by atomic mass is 16.6. The average molecular weight is 305 g/mol. The van der Waals surface area contributed by atoms with Crippen molar-refractivity contribution < 1.29 is 14.4 Å². The minimum Gasteiger partial charge on any atom is -0.496 e. The summed E-state index contributed by atoms with van der Waals surface area (Å²) >= 11 is 0. The van der Waals surface area contributed by atoms with Crippen molar-refractivity contribution in [1.82, 2.24) is 9.97 Å². The number of benzene rings is 1. The number of nitro groups is 1. The Kier molecular flexibility index (Phi) is 4.25. The van der Waals surface area contributed by atoms with Gasteiger partial charge in [0.15, 0.2) is 0 Å². The molecule has 2 aromatic rings. The normalized spacial score (nSPS) is 10.3. The van der Waals surface area contributed by atoms with E-state index in [1.54, 1.807) is 18.2 Å². The Bertz CT molecular complexity index is 698. The summed E-state index contributed by atoms with van der Waals surface area (Å²) in [7, 11) is 2.99. The summed E-state index contributed by atoms with van der Waals surface area (Å²) in [6.07, 6.45) is 0.0699. The van der Waals surface area contributed by atoms with E-state index in [0.717, 1.165) is 0 Å². The molecule has 0 bridgehead atoms. The molecule has 1 heterocycles. The van der Waals surface area contributed by atoms with E-state index in [1.807, 2.05) is 0 Å². The van der Waals surface area contributed by atoms with E-state index in [4.69, 9.17) is 20.9 Å². The molecule has 0 fully saturated rings. The fourth-order valence-corrected chi connectivity index (χ4v) is 2.13. The Morgan fingerprint density at radius 2 is 1.77 bits per heavy atom. The van der Waals surface area contributed by atoms with Gasteiger partial charge in [-0.3, -0.25) is 10.1 Å². The standard InChI is InChI=1S/C13H15N5O4/c1-21-9-4-3-5-10(22-2)7(9)6-8-11(18(19)20)12(14)17-13(15)16-8/h3-5H,6H2,1-2H3,(H4,14,15,16,17). The molecule has 0 aliphatic rings. The Balaban J connectivity index is 2.59. The maximum Gasteiger partial charge on any atom is 0.332 e.